The van der Waals surface area contributed by atoms with Crippen molar-refractivity contribution in [2.24, 2.45) is 0 Å². The second-order valence-electron chi connectivity index (χ2n) is 20.3. The van der Waals surface area contributed by atoms with Gasteiger partial charge in [0, 0.05) is 12.8 Å². The van der Waals surface area contributed by atoms with Crippen LogP contribution >= 0.6 is 0 Å². The first-order chi connectivity index (χ1) is 34.2. The number of allylic oxidation sites excluding steroid dienone is 5. The zero-order valence-corrected chi connectivity index (χ0v) is 45.0. The van der Waals surface area contributed by atoms with Crippen molar-refractivity contribution < 1.29 is 49.3 Å². The summed E-state index contributed by atoms with van der Waals surface area (Å²) < 4.78 is 16.7. The van der Waals surface area contributed by atoms with Gasteiger partial charge in [0.1, 0.15) is 24.4 Å². The highest BCUT2D eigenvalue weighted by Crippen LogP contribution is 2.23. The number of aliphatic hydroxyl groups is 5. The van der Waals surface area contributed by atoms with Crippen LogP contribution in [0.5, 0.6) is 0 Å². The third-order valence-corrected chi connectivity index (χ3v) is 13.7. The van der Waals surface area contributed by atoms with Crippen molar-refractivity contribution in [2.45, 2.75) is 307 Å². The summed E-state index contributed by atoms with van der Waals surface area (Å²) in [4.78, 5) is 25.0. The molecule has 7 atom stereocenters. The van der Waals surface area contributed by atoms with Gasteiger partial charge in [-0.1, -0.05) is 224 Å². The van der Waals surface area contributed by atoms with Gasteiger partial charge in [-0.05, 0) is 64.2 Å². The topological polar surface area (TPSA) is 175 Å². The number of unbranched alkanes of at least 4 members (excludes halogenated alkanes) is 32. The summed E-state index contributed by atoms with van der Waals surface area (Å²) in [7, 11) is 0. The number of nitrogens with one attached hydrogen (secondary N) is 1. The fraction of sp³-hybridized carbons (Fsp3) is 0.864. The van der Waals surface area contributed by atoms with Gasteiger partial charge < -0.3 is 45.1 Å². The number of amides is 1. The lowest BCUT2D eigenvalue weighted by Crippen LogP contribution is -2.60. The molecule has 0 aromatic heterocycles. The maximum atomic E-state index is 13.0. The molecule has 1 rings (SSSR count). The first-order valence-corrected chi connectivity index (χ1v) is 29.3. The van der Waals surface area contributed by atoms with Crippen molar-refractivity contribution in [3.63, 3.8) is 0 Å². The number of aliphatic hydroxyl groups excluding tert-OH is 5. The zero-order valence-electron chi connectivity index (χ0n) is 45.0. The van der Waals surface area contributed by atoms with Gasteiger partial charge in [0.15, 0.2) is 6.29 Å². The molecule has 0 spiro atoms. The molecule has 0 bridgehead atoms. The number of carbonyl (C=O) groups excluding carboxylic acids is 2. The molecule has 1 fully saturated rings. The Bertz CT molecular complexity index is 1260. The Morgan fingerprint density at radius 1 is 0.529 bits per heavy atom. The van der Waals surface area contributed by atoms with Crippen molar-refractivity contribution in [3.05, 3.63) is 36.5 Å². The van der Waals surface area contributed by atoms with E-state index in [0.717, 1.165) is 77.0 Å². The normalized spacial score (nSPS) is 19.4. The summed E-state index contributed by atoms with van der Waals surface area (Å²) in [5.41, 5.74) is 0. The van der Waals surface area contributed by atoms with Crippen LogP contribution in [-0.4, -0.2) is 100 Å². The predicted octanol–water partition coefficient (Wildman–Crippen LogP) is 13.1. The molecule has 1 aliphatic heterocycles. The smallest absolute Gasteiger partial charge is 0.305 e. The van der Waals surface area contributed by atoms with Crippen LogP contribution < -0.4 is 5.32 Å². The Hall–Kier alpha value is -2.12. The minimum Gasteiger partial charge on any atom is -0.466 e. The van der Waals surface area contributed by atoms with Gasteiger partial charge in [-0.2, -0.15) is 0 Å². The number of carbonyl (C=O) groups is 2. The van der Waals surface area contributed by atoms with Crippen LogP contribution in [0, 0.1) is 0 Å². The minimum absolute atomic E-state index is 0.0229. The fourth-order valence-corrected chi connectivity index (χ4v) is 9.05. The summed E-state index contributed by atoms with van der Waals surface area (Å²) in [5, 5.41) is 54.2. The highest BCUT2D eigenvalue weighted by molar-refractivity contribution is 5.76. The Balaban J connectivity index is 2.03. The first-order valence-electron chi connectivity index (χ1n) is 29.3. The molecule has 1 saturated heterocycles. The average Bonchev–Trinajstić information content (AvgIpc) is 3.36. The molecule has 1 amide bonds. The number of hydrogen-bond acceptors (Lipinski definition) is 10. The SMILES string of the molecule is CCCCC/C=C\C/C=C\CCCCCCCC(=O)OCCCCCCCCCCCCCCCCCCCCC(=O)NC(COC1OC(CO)C(O)C(O)C1O)C(O)/C=C/CCCCCCCCC. The maximum absolute atomic E-state index is 13.0. The second-order valence-corrected chi connectivity index (χ2v) is 20.3. The van der Waals surface area contributed by atoms with E-state index in [-0.39, 0.29) is 18.5 Å². The van der Waals surface area contributed by atoms with Crippen LogP contribution in [-0.2, 0) is 23.8 Å². The Labute approximate surface area is 428 Å². The number of rotatable bonds is 50. The van der Waals surface area contributed by atoms with Gasteiger partial charge in [-0.15, -0.1) is 0 Å². The third kappa shape index (κ3) is 38.5. The fourth-order valence-electron chi connectivity index (χ4n) is 9.05. The Morgan fingerprint density at radius 3 is 1.47 bits per heavy atom. The van der Waals surface area contributed by atoms with Crippen LogP contribution in [0.1, 0.15) is 264 Å². The summed E-state index contributed by atoms with van der Waals surface area (Å²) in [5.74, 6) is -0.211. The highest BCUT2D eigenvalue weighted by atomic mass is 16.7. The van der Waals surface area contributed by atoms with E-state index in [9.17, 15) is 35.1 Å². The van der Waals surface area contributed by atoms with Crippen LogP contribution in [0.2, 0.25) is 0 Å². The summed E-state index contributed by atoms with van der Waals surface area (Å²) in [6, 6.07) is -0.812. The van der Waals surface area contributed by atoms with E-state index in [1.165, 1.54) is 161 Å². The van der Waals surface area contributed by atoms with Crippen LogP contribution in [0.4, 0.5) is 0 Å². The van der Waals surface area contributed by atoms with Gasteiger partial charge in [0.25, 0.3) is 0 Å². The molecule has 0 radical (unpaired) electrons. The van der Waals surface area contributed by atoms with Gasteiger partial charge in [0.05, 0.1) is 32.0 Å². The molecule has 11 nitrogen and oxygen atoms in total. The standard InChI is InChI=1S/C59H109NO10/c1-3-5-7-9-11-13-14-15-20-24-27-31-35-39-43-47-55(64)68-48-44-40-36-32-28-25-22-19-17-16-18-21-23-26-30-34-38-42-46-54(63)60-51(52(62)45-41-37-33-29-12-10-8-6-4-2)50-69-59-58(67)57(66)56(65)53(49-61)70-59/h11,13,15,20,41,45,51-53,56-59,61-62,65-67H,3-10,12,14,16-19,21-40,42-44,46-50H2,1-2H3,(H,60,63)/b13-11-,20-15-,45-41+. The largest absolute Gasteiger partial charge is 0.466 e. The molecule has 0 aromatic rings. The van der Waals surface area contributed by atoms with Gasteiger partial charge in [-0.3, -0.25) is 9.59 Å². The molecule has 7 unspecified atom stereocenters. The van der Waals surface area contributed by atoms with Gasteiger partial charge in [-0.25, -0.2) is 0 Å². The number of esters is 1. The molecular formula is C59H109NO10. The van der Waals surface area contributed by atoms with Crippen molar-refractivity contribution in [1.82, 2.24) is 5.32 Å². The van der Waals surface area contributed by atoms with E-state index in [4.69, 9.17) is 14.2 Å². The number of hydrogen-bond donors (Lipinski definition) is 6. The first kappa shape index (κ1) is 65.9. The van der Waals surface area contributed by atoms with Crippen LogP contribution in [0.15, 0.2) is 36.5 Å². The molecule has 11 heteroatoms. The van der Waals surface area contributed by atoms with E-state index in [0.29, 0.717) is 19.4 Å². The van der Waals surface area contributed by atoms with Gasteiger partial charge in [0.2, 0.25) is 5.91 Å². The molecule has 0 saturated carbocycles. The lowest BCUT2D eigenvalue weighted by Gasteiger charge is -2.40. The molecule has 0 aromatic carbocycles. The van der Waals surface area contributed by atoms with E-state index in [1.54, 1.807) is 6.08 Å². The van der Waals surface area contributed by atoms with Crippen LogP contribution in [0.25, 0.3) is 0 Å². The monoisotopic (exact) mass is 992 g/mol. The minimum atomic E-state index is -1.57. The van der Waals surface area contributed by atoms with Crippen molar-refractivity contribution in [3.8, 4) is 0 Å². The predicted molar refractivity (Wildman–Crippen MR) is 287 cm³/mol. The summed E-state index contributed by atoms with van der Waals surface area (Å²) in [6.45, 7) is 4.27. The lowest BCUT2D eigenvalue weighted by molar-refractivity contribution is -0.302. The number of ether oxygens (including phenoxy) is 3. The molecule has 6 N–H and O–H groups in total. The highest BCUT2D eigenvalue weighted by Gasteiger charge is 2.44. The van der Waals surface area contributed by atoms with Gasteiger partial charge >= 0.3 is 5.97 Å². The molecule has 0 aliphatic carbocycles. The molecular weight excluding hydrogens is 883 g/mol. The molecule has 1 heterocycles. The summed E-state index contributed by atoms with van der Waals surface area (Å²) in [6.07, 6.45) is 49.5. The van der Waals surface area contributed by atoms with Crippen molar-refractivity contribution in [2.75, 3.05) is 19.8 Å². The molecule has 70 heavy (non-hydrogen) atoms. The van der Waals surface area contributed by atoms with E-state index < -0.39 is 49.5 Å². The Kier molecular flexibility index (Phi) is 46.2. The van der Waals surface area contributed by atoms with Crippen molar-refractivity contribution >= 4 is 11.9 Å². The van der Waals surface area contributed by atoms with E-state index >= 15 is 0 Å². The maximum Gasteiger partial charge on any atom is 0.305 e. The second kappa shape index (κ2) is 49.1. The third-order valence-electron chi connectivity index (χ3n) is 13.7. The van der Waals surface area contributed by atoms with E-state index in [1.807, 2.05) is 6.08 Å². The molecule has 410 valence electrons. The van der Waals surface area contributed by atoms with Crippen LogP contribution in [0.3, 0.4) is 0 Å². The molecule has 1 aliphatic rings. The zero-order chi connectivity index (χ0) is 51.0. The summed E-state index contributed by atoms with van der Waals surface area (Å²) >= 11 is 0. The van der Waals surface area contributed by atoms with Crippen molar-refractivity contribution in [1.29, 1.82) is 0 Å². The quantitative estimate of drug-likeness (QED) is 0.0195. The van der Waals surface area contributed by atoms with E-state index in [2.05, 4.69) is 43.5 Å². The Morgan fingerprint density at radius 2 is 0.957 bits per heavy atom. The average molecular weight is 993 g/mol. The lowest BCUT2D eigenvalue weighted by atomic mass is 9.99.